The summed E-state index contributed by atoms with van der Waals surface area (Å²) in [5.41, 5.74) is 1.87. The van der Waals surface area contributed by atoms with Crippen molar-refractivity contribution in [2.24, 2.45) is 5.92 Å². The second kappa shape index (κ2) is 10.2. The number of nitrogens with one attached hydrogen (secondary N) is 1. The van der Waals surface area contributed by atoms with Crippen molar-refractivity contribution in [3.63, 3.8) is 0 Å². The molecule has 1 saturated heterocycles. The summed E-state index contributed by atoms with van der Waals surface area (Å²) < 4.78 is 27.6. The number of hydrogen-bond donors (Lipinski definition) is 1. The van der Waals surface area contributed by atoms with Crippen molar-refractivity contribution in [1.82, 2.24) is 9.29 Å². The van der Waals surface area contributed by atoms with E-state index in [1.807, 2.05) is 55.6 Å². The average Bonchev–Trinajstić information content (AvgIpc) is 3.26. The molecule has 3 aromatic rings. The highest BCUT2D eigenvalue weighted by Crippen LogP contribution is 2.29. The lowest BCUT2D eigenvalue weighted by molar-refractivity contribution is -0.120. The van der Waals surface area contributed by atoms with Crippen molar-refractivity contribution in [3.05, 3.63) is 71.4 Å². The molecule has 1 aliphatic heterocycles. The van der Waals surface area contributed by atoms with E-state index in [1.54, 1.807) is 24.0 Å². The fraction of sp³-hybridized carbons (Fsp3) is 0.304. The summed E-state index contributed by atoms with van der Waals surface area (Å²) in [4.78, 5) is 19.0. The first-order valence-corrected chi connectivity index (χ1v) is 13.7. The number of thiophene rings is 1. The van der Waals surface area contributed by atoms with E-state index in [1.165, 1.54) is 15.6 Å². The minimum Gasteiger partial charge on any atom is -0.326 e. The Morgan fingerprint density at radius 3 is 2.72 bits per heavy atom. The van der Waals surface area contributed by atoms with Crippen LogP contribution in [0.4, 0.5) is 5.69 Å². The minimum atomic E-state index is -3.55. The Hall–Kier alpha value is -2.20. The monoisotopic (exact) mass is 487 g/mol. The van der Waals surface area contributed by atoms with Crippen LogP contribution in [0.5, 0.6) is 0 Å². The molecule has 1 atom stereocenters. The second-order valence-corrected chi connectivity index (χ2v) is 12.2. The Bertz CT molecular complexity index is 1160. The molecule has 1 unspecified atom stereocenters. The van der Waals surface area contributed by atoms with Crippen LogP contribution in [0.2, 0.25) is 0 Å². The van der Waals surface area contributed by atoms with Crippen molar-refractivity contribution in [3.8, 4) is 0 Å². The number of thioether (sulfide) groups is 1. The zero-order valence-corrected chi connectivity index (χ0v) is 20.2. The third kappa shape index (κ3) is 5.58. The van der Waals surface area contributed by atoms with E-state index in [-0.39, 0.29) is 18.4 Å². The summed E-state index contributed by atoms with van der Waals surface area (Å²) in [7, 11) is -3.55. The predicted octanol–water partition coefficient (Wildman–Crippen LogP) is 4.78. The Kier molecular flexibility index (Phi) is 7.30. The summed E-state index contributed by atoms with van der Waals surface area (Å²) >= 11 is 2.98. The molecule has 0 radical (unpaired) electrons. The number of sulfonamides is 1. The average molecular weight is 488 g/mol. The number of hydrogen-bond acceptors (Lipinski definition) is 6. The molecule has 32 heavy (non-hydrogen) atoms. The molecule has 6 nitrogen and oxygen atoms in total. The van der Waals surface area contributed by atoms with Gasteiger partial charge >= 0.3 is 0 Å². The maximum absolute atomic E-state index is 12.9. The molecule has 168 valence electrons. The normalized spacial score (nSPS) is 17.2. The number of aryl methyl sites for hydroxylation is 1. The molecule has 0 bridgehead atoms. The van der Waals surface area contributed by atoms with Crippen LogP contribution in [-0.4, -0.2) is 36.7 Å². The number of rotatable bonds is 7. The van der Waals surface area contributed by atoms with Crippen LogP contribution in [0, 0.1) is 12.8 Å². The number of nitrogens with zero attached hydrogens (tertiary/aromatic N) is 2. The van der Waals surface area contributed by atoms with E-state index in [9.17, 15) is 13.2 Å². The highest BCUT2D eigenvalue weighted by atomic mass is 32.2. The highest BCUT2D eigenvalue weighted by molar-refractivity contribution is 7.98. The van der Waals surface area contributed by atoms with Crippen LogP contribution in [0.1, 0.15) is 23.3 Å². The molecule has 1 aliphatic rings. The molecule has 9 heteroatoms. The van der Waals surface area contributed by atoms with E-state index in [2.05, 4.69) is 10.3 Å². The first kappa shape index (κ1) is 23.0. The summed E-state index contributed by atoms with van der Waals surface area (Å²) in [6.45, 7) is 2.55. The zero-order chi connectivity index (χ0) is 22.6. The van der Waals surface area contributed by atoms with Gasteiger partial charge < -0.3 is 5.32 Å². The number of benzene rings is 1. The number of amides is 1. The van der Waals surface area contributed by atoms with Crippen molar-refractivity contribution in [2.75, 3.05) is 18.4 Å². The lowest BCUT2D eigenvalue weighted by Crippen LogP contribution is -2.43. The first-order chi connectivity index (χ1) is 15.4. The second-order valence-electron chi connectivity index (χ2n) is 7.73. The number of carbonyl (C=O) groups excluding carboxylic acids is 1. The Balaban J connectivity index is 1.34. The van der Waals surface area contributed by atoms with Gasteiger partial charge in [0.15, 0.2) is 0 Å². The number of pyridine rings is 1. The maximum atomic E-state index is 12.9. The number of carbonyl (C=O) groups is 1. The molecule has 2 aromatic heterocycles. The smallest absolute Gasteiger partial charge is 0.252 e. The molecule has 3 heterocycles. The van der Waals surface area contributed by atoms with E-state index in [4.69, 9.17) is 0 Å². The quantitative estimate of drug-likeness (QED) is 0.485. The van der Waals surface area contributed by atoms with Gasteiger partial charge in [0.1, 0.15) is 4.21 Å². The van der Waals surface area contributed by atoms with Gasteiger partial charge in [-0.1, -0.05) is 6.07 Å². The number of anilines is 1. The standard InChI is InChI=1S/C23H25N3O3S3/c1-17-6-11-22(31-17)32(28,29)26-13-3-5-19(15-26)23(27)25-20-7-9-21(10-8-20)30-16-18-4-2-12-24-14-18/h2,4,6-12,14,19H,3,5,13,15-16H2,1H3,(H,25,27). The van der Waals surface area contributed by atoms with Gasteiger partial charge in [-0.25, -0.2) is 8.42 Å². The van der Waals surface area contributed by atoms with Gasteiger partial charge in [-0.05, 0) is 67.8 Å². The molecule has 1 N–H and O–H groups in total. The van der Waals surface area contributed by atoms with Crippen LogP contribution in [0.3, 0.4) is 0 Å². The van der Waals surface area contributed by atoms with Crippen molar-refractivity contribution in [1.29, 1.82) is 0 Å². The lowest BCUT2D eigenvalue weighted by atomic mass is 9.99. The third-order valence-electron chi connectivity index (χ3n) is 5.31. The van der Waals surface area contributed by atoms with Gasteiger partial charge in [0.2, 0.25) is 5.91 Å². The molecular weight excluding hydrogens is 462 g/mol. The number of aromatic nitrogens is 1. The van der Waals surface area contributed by atoms with Gasteiger partial charge in [0.25, 0.3) is 10.0 Å². The van der Waals surface area contributed by atoms with Crippen molar-refractivity contribution < 1.29 is 13.2 Å². The summed E-state index contributed by atoms with van der Waals surface area (Å²) in [5.74, 6) is 0.331. The molecular formula is C23H25N3O3S3. The van der Waals surface area contributed by atoms with Crippen LogP contribution in [0.25, 0.3) is 0 Å². The summed E-state index contributed by atoms with van der Waals surface area (Å²) in [6.07, 6.45) is 4.97. The lowest BCUT2D eigenvalue weighted by Gasteiger charge is -2.30. The highest BCUT2D eigenvalue weighted by Gasteiger charge is 2.34. The molecule has 0 spiro atoms. The first-order valence-electron chi connectivity index (χ1n) is 10.4. The van der Waals surface area contributed by atoms with Gasteiger partial charge in [-0.15, -0.1) is 23.1 Å². The molecule has 4 rings (SSSR count). The molecule has 1 fully saturated rings. The van der Waals surface area contributed by atoms with Gasteiger partial charge in [-0.3, -0.25) is 9.78 Å². The topological polar surface area (TPSA) is 79.4 Å². The van der Waals surface area contributed by atoms with E-state index < -0.39 is 10.0 Å². The molecule has 0 saturated carbocycles. The van der Waals surface area contributed by atoms with E-state index >= 15 is 0 Å². The molecule has 1 amide bonds. The van der Waals surface area contributed by atoms with Crippen LogP contribution < -0.4 is 5.32 Å². The van der Waals surface area contributed by atoms with Gasteiger partial charge in [0.05, 0.1) is 5.92 Å². The summed E-state index contributed by atoms with van der Waals surface area (Å²) in [5, 5.41) is 2.95. The molecule has 1 aromatic carbocycles. The van der Waals surface area contributed by atoms with Gasteiger partial charge in [-0.2, -0.15) is 4.31 Å². The summed E-state index contributed by atoms with van der Waals surface area (Å²) in [6, 6.07) is 15.2. The zero-order valence-electron chi connectivity index (χ0n) is 17.7. The Morgan fingerprint density at radius 1 is 1.22 bits per heavy atom. The predicted molar refractivity (Wildman–Crippen MR) is 129 cm³/mol. The van der Waals surface area contributed by atoms with Crippen LogP contribution >= 0.6 is 23.1 Å². The Morgan fingerprint density at radius 2 is 2.03 bits per heavy atom. The largest absolute Gasteiger partial charge is 0.326 e. The SMILES string of the molecule is Cc1ccc(S(=O)(=O)N2CCCC(C(=O)Nc3ccc(SCc4cccnc4)cc3)C2)s1. The van der Waals surface area contributed by atoms with E-state index in [0.29, 0.717) is 23.6 Å². The van der Waals surface area contributed by atoms with Crippen molar-refractivity contribution in [2.45, 2.75) is 34.6 Å². The van der Waals surface area contributed by atoms with Crippen LogP contribution in [-0.2, 0) is 20.6 Å². The van der Waals surface area contributed by atoms with Gasteiger partial charge in [0, 0.05) is 46.7 Å². The maximum Gasteiger partial charge on any atom is 0.252 e. The number of piperidine rings is 1. The van der Waals surface area contributed by atoms with Crippen LogP contribution in [0.15, 0.2) is 70.0 Å². The third-order valence-corrected chi connectivity index (χ3v) is 9.73. The fourth-order valence-electron chi connectivity index (χ4n) is 3.58. The Labute approximate surface area is 197 Å². The van der Waals surface area contributed by atoms with E-state index in [0.717, 1.165) is 26.8 Å². The van der Waals surface area contributed by atoms with Crippen molar-refractivity contribution >= 4 is 44.7 Å². The molecule has 0 aliphatic carbocycles. The fourth-order valence-corrected chi connectivity index (χ4v) is 7.38. The minimum absolute atomic E-state index is 0.136.